The molecule has 4 heteroatoms. The van der Waals surface area contributed by atoms with Gasteiger partial charge in [0.15, 0.2) is 0 Å². The minimum absolute atomic E-state index is 0.0965. The molecule has 1 heterocycles. The van der Waals surface area contributed by atoms with Crippen LogP contribution in [0.3, 0.4) is 0 Å². The average Bonchev–Trinajstić information content (AvgIpc) is 2.35. The Morgan fingerprint density at radius 2 is 2.29 bits per heavy atom. The molecule has 0 aromatic carbocycles. The monoisotopic (exact) mass is 238 g/mol. The fourth-order valence-corrected chi connectivity index (χ4v) is 1.47. The molecule has 96 valence electrons. The number of rotatable bonds is 8. The quantitative estimate of drug-likeness (QED) is 0.755. The largest absolute Gasteiger partial charge is 0.382 e. The van der Waals surface area contributed by atoms with Crippen molar-refractivity contribution in [2.75, 3.05) is 25.6 Å². The highest BCUT2D eigenvalue weighted by Crippen LogP contribution is 2.13. The fraction of sp³-hybridized carbons (Fsp3) is 0.615. The Balaban J connectivity index is 2.51. The number of nitrogens with zero attached hydrogens (tertiary/aromatic N) is 1. The molecule has 1 N–H and O–H groups in total. The lowest BCUT2D eigenvalue weighted by Crippen LogP contribution is -2.15. The van der Waals surface area contributed by atoms with E-state index >= 15 is 0 Å². The molecule has 1 rings (SSSR count). The first-order chi connectivity index (χ1) is 8.27. The maximum atomic E-state index is 5.68. The molecule has 0 amide bonds. The van der Waals surface area contributed by atoms with E-state index in [1.54, 1.807) is 13.3 Å². The maximum Gasteiger partial charge on any atom is 0.131 e. The van der Waals surface area contributed by atoms with Crippen molar-refractivity contribution < 1.29 is 9.47 Å². The van der Waals surface area contributed by atoms with Gasteiger partial charge < -0.3 is 14.8 Å². The number of anilines is 1. The van der Waals surface area contributed by atoms with Crippen molar-refractivity contribution in [3.05, 3.63) is 23.9 Å². The van der Waals surface area contributed by atoms with Crippen molar-refractivity contribution in [2.24, 2.45) is 0 Å². The molecule has 4 nitrogen and oxygen atoms in total. The first-order valence-electron chi connectivity index (χ1n) is 6.06. The smallest absolute Gasteiger partial charge is 0.131 e. The molecule has 0 bridgehead atoms. The molecule has 0 aliphatic heterocycles. The van der Waals surface area contributed by atoms with Crippen LogP contribution in [0.5, 0.6) is 0 Å². The molecule has 0 saturated heterocycles. The van der Waals surface area contributed by atoms with Crippen molar-refractivity contribution in [2.45, 2.75) is 33.0 Å². The summed E-state index contributed by atoms with van der Waals surface area (Å²) in [7, 11) is 1.68. The second kappa shape index (κ2) is 8.03. The third-order valence-electron chi connectivity index (χ3n) is 2.36. The van der Waals surface area contributed by atoms with E-state index in [2.05, 4.69) is 17.2 Å². The predicted molar refractivity (Wildman–Crippen MR) is 69.1 cm³/mol. The summed E-state index contributed by atoms with van der Waals surface area (Å²) < 4.78 is 10.7. The molecule has 1 aromatic heterocycles. The second-order valence-electron chi connectivity index (χ2n) is 4.01. The van der Waals surface area contributed by atoms with Crippen LogP contribution in [0, 0.1) is 0 Å². The van der Waals surface area contributed by atoms with Crippen LogP contribution in [0.25, 0.3) is 0 Å². The maximum absolute atomic E-state index is 5.68. The number of hydrogen-bond acceptors (Lipinski definition) is 4. The van der Waals surface area contributed by atoms with Gasteiger partial charge >= 0.3 is 0 Å². The lowest BCUT2D eigenvalue weighted by molar-refractivity contribution is -0.00000505. The lowest BCUT2D eigenvalue weighted by Gasteiger charge is -2.14. The number of methoxy groups -OCH3 is 1. The highest BCUT2D eigenvalue weighted by atomic mass is 16.5. The summed E-state index contributed by atoms with van der Waals surface area (Å²) in [6, 6.07) is 3.96. The van der Waals surface area contributed by atoms with Crippen LogP contribution in [0.1, 0.15) is 25.8 Å². The standard InChI is InChI=1S/C13H22N2O2/c1-4-7-14-13-12(6-5-8-15-13)10-17-11(2)9-16-3/h5-6,8,11H,4,7,9-10H2,1-3H3,(H,14,15). The van der Waals surface area contributed by atoms with Gasteiger partial charge in [-0.3, -0.25) is 0 Å². The molecule has 1 unspecified atom stereocenters. The van der Waals surface area contributed by atoms with Crippen LogP contribution in [-0.2, 0) is 16.1 Å². The predicted octanol–water partition coefficient (Wildman–Crippen LogP) is 2.46. The van der Waals surface area contributed by atoms with E-state index in [1.807, 2.05) is 19.1 Å². The van der Waals surface area contributed by atoms with Crippen LogP contribution in [-0.4, -0.2) is 31.3 Å². The Bertz CT molecular complexity index is 318. The van der Waals surface area contributed by atoms with Gasteiger partial charge in [0.1, 0.15) is 5.82 Å². The number of aromatic nitrogens is 1. The zero-order valence-corrected chi connectivity index (χ0v) is 10.9. The Kier molecular flexibility index (Phi) is 6.58. The van der Waals surface area contributed by atoms with Crippen LogP contribution in [0.4, 0.5) is 5.82 Å². The zero-order valence-electron chi connectivity index (χ0n) is 10.9. The highest BCUT2D eigenvalue weighted by Gasteiger charge is 2.06. The van der Waals surface area contributed by atoms with Crippen molar-refractivity contribution in [1.29, 1.82) is 0 Å². The van der Waals surface area contributed by atoms with E-state index in [9.17, 15) is 0 Å². The molecule has 0 aliphatic carbocycles. The SMILES string of the molecule is CCCNc1ncccc1COC(C)COC. The first-order valence-corrected chi connectivity index (χ1v) is 6.06. The summed E-state index contributed by atoms with van der Waals surface area (Å²) in [5.74, 6) is 0.916. The lowest BCUT2D eigenvalue weighted by atomic mass is 10.2. The minimum atomic E-state index is 0.0965. The molecule has 17 heavy (non-hydrogen) atoms. The summed E-state index contributed by atoms with van der Waals surface area (Å²) in [4.78, 5) is 4.32. The number of nitrogens with one attached hydrogen (secondary N) is 1. The Morgan fingerprint density at radius 3 is 3.00 bits per heavy atom. The summed E-state index contributed by atoms with van der Waals surface area (Å²) in [6.07, 6.45) is 2.97. The van der Waals surface area contributed by atoms with Gasteiger partial charge in [-0.1, -0.05) is 13.0 Å². The van der Waals surface area contributed by atoms with E-state index in [0.29, 0.717) is 13.2 Å². The topological polar surface area (TPSA) is 43.4 Å². The molecule has 0 saturated carbocycles. The third kappa shape index (κ3) is 5.15. The van der Waals surface area contributed by atoms with E-state index in [1.165, 1.54) is 0 Å². The Hall–Kier alpha value is -1.13. The molecule has 0 spiro atoms. The van der Waals surface area contributed by atoms with E-state index in [0.717, 1.165) is 24.3 Å². The highest BCUT2D eigenvalue weighted by molar-refractivity contribution is 5.43. The summed E-state index contributed by atoms with van der Waals surface area (Å²) in [5, 5.41) is 3.30. The van der Waals surface area contributed by atoms with Gasteiger partial charge in [0.25, 0.3) is 0 Å². The first kappa shape index (κ1) is 13.9. The van der Waals surface area contributed by atoms with E-state index < -0.39 is 0 Å². The van der Waals surface area contributed by atoms with E-state index in [4.69, 9.17) is 9.47 Å². The molecule has 1 aromatic rings. The molecule has 0 aliphatic rings. The van der Waals surface area contributed by atoms with Crippen molar-refractivity contribution in [3.63, 3.8) is 0 Å². The van der Waals surface area contributed by atoms with Gasteiger partial charge in [0, 0.05) is 25.4 Å². The normalized spacial score (nSPS) is 12.4. The van der Waals surface area contributed by atoms with Gasteiger partial charge in [-0.15, -0.1) is 0 Å². The number of ether oxygens (including phenoxy) is 2. The van der Waals surface area contributed by atoms with Crippen LogP contribution in [0.2, 0.25) is 0 Å². The van der Waals surface area contributed by atoms with Crippen LogP contribution in [0.15, 0.2) is 18.3 Å². The third-order valence-corrected chi connectivity index (χ3v) is 2.36. The molecule has 0 radical (unpaired) electrons. The van der Waals surface area contributed by atoms with Gasteiger partial charge in [0.2, 0.25) is 0 Å². The van der Waals surface area contributed by atoms with Gasteiger partial charge in [-0.25, -0.2) is 4.98 Å². The molecular weight excluding hydrogens is 216 g/mol. The van der Waals surface area contributed by atoms with E-state index in [-0.39, 0.29) is 6.10 Å². The van der Waals surface area contributed by atoms with Crippen molar-refractivity contribution in [1.82, 2.24) is 4.98 Å². The number of pyridine rings is 1. The fourth-order valence-electron chi connectivity index (χ4n) is 1.47. The minimum Gasteiger partial charge on any atom is -0.382 e. The van der Waals surface area contributed by atoms with Crippen LogP contribution < -0.4 is 5.32 Å². The van der Waals surface area contributed by atoms with Crippen molar-refractivity contribution in [3.8, 4) is 0 Å². The van der Waals surface area contributed by atoms with Crippen LogP contribution >= 0.6 is 0 Å². The Labute approximate surface area is 103 Å². The average molecular weight is 238 g/mol. The molecule has 0 fully saturated rings. The number of hydrogen-bond donors (Lipinski definition) is 1. The summed E-state index contributed by atoms with van der Waals surface area (Å²) in [6.45, 7) is 6.23. The van der Waals surface area contributed by atoms with Gasteiger partial charge in [0.05, 0.1) is 19.3 Å². The summed E-state index contributed by atoms with van der Waals surface area (Å²) in [5.41, 5.74) is 1.09. The summed E-state index contributed by atoms with van der Waals surface area (Å²) >= 11 is 0. The Morgan fingerprint density at radius 1 is 1.47 bits per heavy atom. The molecule has 1 atom stereocenters. The van der Waals surface area contributed by atoms with Gasteiger partial charge in [-0.05, 0) is 19.4 Å². The van der Waals surface area contributed by atoms with Crippen molar-refractivity contribution >= 4 is 5.82 Å². The zero-order chi connectivity index (χ0) is 12.5. The second-order valence-corrected chi connectivity index (χ2v) is 4.01. The van der Waals surface area contributed by atoms with Gasteiger partial charge in [-0.2, -0.15) is 0 Å². The molecular formula is C13H22N2O2.